The smallest absolute Gasteiger partial charge is 0.340 e. The van der Waals surface area contributed by atoms with Crippen molar-refractivity contribution < 1.29 is 27.9 Å². The van der Waals surface area contributed by atoms with E-state index >= 15 is 0 Å². The Morgan fingerprint density at radius 1 is 1.24 bits per heavy atom. The van der Waals surface area contributed by atoms with Crippen molar-refractivity contribution in [3.8, 4) is 0 Å². The van der Waals surface area contributed by atoms with Gasteiger partial charge >= 0.3 is 5.97 Å². The number of nitrogens with zero attached hydrogens (tertiary/aromatic N) is 1. The second-order valence-corrected chi connectivity index (χ2v) is 4.73. The van der Waals surface area contributed by atoms with E-state index in [0.29, 0.717) is 17.6 Å². The molecule has 1 aromatic heterocycles. The first-order chi connectivity index (χ1) is 9.82. The minimum atomic E-state index is -1.78. The molecular weight excluding hydrogens is 309 g/mol. The molecule has 9 heteroatoms. The zero-order chi connectivity index (χ0) is 15.7. The number of aromatic nitrogens is 1. The molecule has 0 aliphatic rings. The van der Waals surface area contributed by atoms with Gasteiger partial charge in [0.15, 0.2) is 17.5 Å². The third-order valence-corrected chi connectivity index (χ3v) is 3.44. The molecule has 2 N–H and O–H groups in total. The molecule has 0 atom stereocenters. The van der Waals surface area contributed by atoms with Crippen LogP contribution in [0.3, 0.4) is 0 Å². The Hall–Kier alpha value is -2.42. The van der Waals surface area contributed by atoms with E-state index in [4.69, 9.17) is 5.11 Å². The number of rotatable bonds is 3. The van der Waals surface area contributed by atoms with E-state index in [2.05, 4.69) is 9.69 Å². The van der Waals surface area contributed by atoms with Gasteiger partial charge in [0.1, 0.15) is 10.6 Å². The number of carbonyl (C=O) groups is 2. The number of halogens is 3. The minimum absolute atomic E-state index is 0.117. The Labute approximate surface area is 120 Å². The van der Waals surface area contributed by atoms with Crippen LogP contribution >= 0.6 is 11.5 Å². The molecule has 2 aromatic rings. The molecule has 110 valence electrons. The first kappa shape index (κ1) is 15.0. The van der Waals surface area contributed by atoms with Crippen LogP contribution in [0.1, 0.15) is 26.4 Å². The predicted octanol–water partition coefficient (Wildman–Crippen LogP) is 2.82. The average Bonchev–Trinajstić information content (AvgIpc) is 2.77. The van der Waals surface area contributed by atoms with Gasteiger partial charge in [-0.2, -0.15) is 4.37 Å². The van der Waals surface area contributed by atoms with Gasteiger partial charge in [-0.1, -0.05) is 0 Å². The Kier molecular flexibility index (Phi) is 3.94. The lowest BCUT2D eigenvalue weighted by atomic mass is 10.2. The Morgan fingerprint density at radius 2 is 1.90 bits per heavy atom. The summed E-state index contributed by atoms with van der Waals surface area (Å²) in [7, 11) is 0. The molecule has 0 unspecified atom stereocenters. The van der Waals surface area contributed by atoms with Crippen molar-refractivity contribution >= 4 is 28.4 Å². The third-order valence-electron chi connectivity index (χ3n) is 2.58. The van der Waals surface area contributed by atoms with Crippen LogP contribution in [0.5, 0.6) is 0 Å². The van der Waals surface area contributed by atoms with Gasteiger partial charge in [0.25, 0.3) is 5.91 Å². The van der Waals surface area contributed by atoms with Crippen molar-refractivity contribution in [2.45, 2.75) is 6.92 Å². The normalized spacial score (nSPS) is 10.5. The van der Waals surface area contributed by atoms with Gasteiger partial charge in [-0.3, -0.25) is 4.79 Å². The number of carboxylic acid groups (broad SMARTS) is 1. The van der Waals surface area contributed by atoms with Gasteiger partial charge < -0.3 is 10.4 Å². The standard InChI is InChI=1S/C12H7F3N2O3S/c1-4-7(12(19)20)11(21-17-4)16-10(18)5-2-3-6(13)9(15)8(5)14/h2-3H,1H3,(H,16,18)(H,19,20). The molecule has 0 aliphatic heterocycles. The first-order valence-corrected chi connectivity index (χ1v) is 6.24. The van der Waals surface area contributed by atoms with E-state index in [9.17, 15) is 22.8 Å². The van der Waals surface area contributed by atoms with Crippen LogP contribution in [0.4, 0.5) is 18.2 Å². The maximum Gasteiger partial charge on any atom is 0.340 e. The highest BCUT2D eigenvalue weighted by atomic mass is 32.1. The largest absolute Gasteiger partial charge is 0.478 e. The lowest BCUT2D eigenvalue weighted by Crippen LogP contribution is -2.16. The van der Waals surface area contributed by atoms with Crippen LogP contribution in [-0.4, -0.2) is 21.4 Å². The summed E-state index contributed by atoms with van der Waals surface area (Å²) in [6, 6.07) is 1.36. The number of anilines is 1. The molecule has 0 fully saturated rings. The first-order valence-electron chi connectivity index (χ1n) is 5.47. The minimum Gasteiger partial charge on any atom is -0.478 e. The van der Waals surface area contributed by atoms with Gasteiger partial charge in [0.2, 0.25) is 0 Å². The zero-order valence-electron chi connectivity index (χ0n) is 10.4. The molecular formula is C12H7F3N2O3S. The monoisotopic (exact) mass is 316 g/mol. The zero-order valence-corrected chi connectivity index (χ0v) is 11.2. The maximum absolute atomic E-state index is 13.5. The number of aromatic carboxylic acids is 1. The van der Waals surface area contributed by atoms with Gasteiger partial charge in [-0.15, -0.1) is 0 Å². The van der Waals surface area contributed by atoms with E-state index in [1.165, 1.54) is 6.92 Å². The van der Waals surface area contributed by atoms with E-state index in [1.54, 1.807) is 0 Å². The Balaban J connectivity index is 2.35. The topological polar surface area (TPSA) is 79.3 Å². The molecule has 0 aliphatic carbocycles. The molecule has 0 bridgehead atoms. The molecule has 5 nitrogen and oxygen atoms in total. The molecule has 1 amide bonds. The van der Waals surface area contributed by atoms with Crippen molar-refractivity contribution in [1.82, 2.24) is 4.37 Å². The van der Waals surface area contributed by atoms with Crippen LogP contribution in [0.2, 0.25) is 0 Å². The number of benzene rings is 1. The fourth-order valence-corrected chi connectivity index (χ4v) is 2.36. The second kappa shape index (κ2) is 5.52. The van der Waals surface area contributed by atoms with Crippen molar-refractivity contribution in [2.75, 3.05) is 5.32 Å². The second-order valence-electron chi connectivity index (χ2n) is 3.95. The van der Waals surface area contributed by atoms with Crippen LogP contribution in [0, 0.1) is 24.4 Å². The van der Waals surface area contributed by atoms with Crippen molar-refractivity contribution in [3.63, 3.8) is 0 Å². The number of carbonyl (C=O) groups excluding carboxylic acids is 1. The van der Waals surface area contributed by atoms with Gasteiger partial charge in [0, 0.05) is 0 Å². The van der Waals surface area contributed by atoms with E-state index < -0.39 is 34.9 Å². The lowest BCUT2D eigenvalue weighted by molar-refractivity contribution is 0.0697. The maximum atomic E-state index is 13.5. The highest BCUT2D eigenvalue weighted by molar-refractivity contribution is 7.11. The molecule has 2 rings (SSSR count). The van der Waals surface area contributed by atoms with Gasteiger partial charge in [-0.05, 0) is 30.6 Å². The number of nitrogens with one attached hydrogen (secondary N) is 1. The quantitative estimate of drug-likeness (QED) is 0.853. The van der Waals surface area contributed by atoms with Crippen LogP contribution in [0.25, 0.3) is 0 Å². The van der Waals surface area contributed by atoms with Gasteiger partial charge in [-0.25, -0.2) is 18.0 Å². The van der Waals surface area contributed by atoms with E-state index in [0.717, 1.165) is 6.07 Å². The average molecular weight is 316 g/mol. The summed E-state index contributed by atoms with van der Waals surface area (Å²) >= 11 is 0.688. The predicted molar refractivity (Wildman–Crippen MR) is 68.1 cm³/mol. The lowest BCUT2D eigenvalue weighted by Gasteiger charge is -2.06. The van der Waals surface area contributed by atoms with Crippen LogP contribution in [0.15, 0.2) is 12.1 Å². The number of carboxylic acids is 1. The number of hydrogen-bond acceptors (Lipinski definition) is 4. The molecule has 0 radical (unpaired) electrons. The molecule has 0 spiro atoms. The van der Waals surface area contributed by atoms with Crippen LogP contribution < -0.4 is 5.32 Å². The summed E-state index contributed by atoms with van der Waals surface area (Å²) < 4.78 is 43.1. The van der Waals surface area contributed by atoms with Crippen molar-refractivity contribution in [1.29, 1.82) is 0 Å². The van der Waals surface area contributed by atoms with Crippen LogP contribution in [-0.2, 0) is 0 Å². The van der Waals surface area contributed by atoms with Gasteiger partial charge in [0.05, 0.1) is 11.3 Å². The highest BCUT2D eigenvalue weighted by Gasteiger charge is 2.23. The fourth-order valence-electron chi connectivity index (χ4n) is 1.58. The number of aryl methyl sites for hydroxylation is 1. The summed E-state index contributed by atoms with van der Waals surface area (Å²) in [5.41, 5.74) is -0.804. The summed E-state index contributed by atoms with van der Waals surface area (Å²) in [5.74, 6) is -7.27. The molecule has 1 heterocycles. The third kappa shape index (κ3) is 2.72. The summed E-state index contributed by atoms with van der Waals surface area (Å²) in [4.78, 5) is 22.8. The van der Waals surface area contributed by atoms with E-state index in [-0.39, 0.29) is 16.3 Å². The summed E-state index contributed by atoms with van der Waals surface area (Å²) in [6.07, 6.45) is 0. The number of hydrogen-bond donors (Lipinski definition) is 2. The number of amides is 1. The van der Waals surface area contributed by atoms with Crippen molar-refractivity contribution in [3.05, 3.63) is 46.4 Å². The summed E-state index contributed by atoms with van der Waals surface area (Å²) in [6.45, 7) is 1.42. The Morgan fingerprint density at radius 3 is 2.52 bits per heavy atom. The molecule has 0 saturated heterocycles. The SMILES string of the molecule is Cc1nsc(NC(=O)c2ccc(F)c(F)c2F)c1C(=O)O. The molecule has 21 heavy (non-hydrogen) atoms. The van der Waals surface area contributed by atoms with E-state index in [1.807, 2.05) is 0 Å². The Bertz CT molecular complexity index is 746. The molecule has 1 aromatic carbocycles. The van der Waals surface area contributed by atoms with Crippen molar-refractivity contribution in [2.24, 2.45) is 0 Å². The molecule has 0 saturated carbocycles. The fraction of sp³-hybridized carbons (Fsp3) is 0.0833. The summed E-state index contributed by atoms with van der Waals surface area (Å²) in [5, 5.41) is 11.0. The highest BCUT2D eigenvalue weighted by Crippen LogP contribution is 2.25.